The molecule has 0 heterocycles. The largest absolute Gasteiger partial charge is 0.328 e. The molecule has 0 unspecified atom stereocenters. The van der Waals surface area contributed by atoms with Gasteiger partial charge in [-0.25, -0.2) is 0 Å². The molecule has 13 heavy (non-hydrogen) atoms. The lowest BCUT2D eigenvalue weighted by molar-refractivity contribution is 0.631. The molecule has 1 saturated carbocycles. The van der Waals surface area contributed by atoms with E-state index in [2.05, 4.69) is 19.1 Å². The maximum Gasteiger partial charge on any atom is 0.0408 e. The summed E-state index contributed by atoms with van der Waals surface area (Å²) in [6, 6.07) is 8.42. The molecule has 0 radical (unpaired) electrons. The molecule has 1 nitrogen and oxygen atoms in total. The molecule has 0 spiro atoms. The average Bonchev–Trinajstić information content (AvgIpc) is 2.82. The van der Waals surface area contributed by atoms with Gasteiger partial charge in [0.1, 0.15) is 0 Å². The molecule has 0 aliphatic heterocycles. The minimum atomic E-state index is 0.309. The number of benzene rings is 1. The predicted molar refractivity (Wildman–Crippen MR) is 55.9 cm³/mol. The topological polar surface area (TPSA) is 26.0 Å². The van der Waals surface area contributed by atoms with Crippen LogP contribution in [0.1, 0.15) is 24.8 Å². The number of halogens is 1. The van der Waals surface area contributed by atoms with Gasteiger partial charge in [0.25, 0.3) is 0 Å². The fraction of sp³-hybridized carbons (Fsp3) is 0.455. The summed E-state index contributed by atoms with van der Waals surface area (Å²) in [4.78, 5) is 0. The first-order chi connectivity index (χ1) is 6.18. The highest BCUT2D eigenvalue weighted by atomic mass is 35.5. The van der Waals surface area contributed by atoms with Crippen LogP contribution in [-0.4, -0.2) is 6.04 Å². The van der Waals surface area contributed by atoms with Crippen LogP contribution in [-0.2, 0) is 0 Å². The maximum absolute atomic E-state index is 5.91. The number of nitrogens with two attached hydrogens (primary N) is 1. The van der Waals surface area contributed by atoms with E-state index >= 15 is 0 Å². The third kappa shape index (κ3) is 1.87. The molecule has 2 N–H and O–H groups in total. The molecule has 0 aromatic heterocycles. The normalized spacial score (nSPS) is 28.5. The summed E-state index contributed by atoms with van der Waals surface area (Å²) in [7, 11) is 0. The number of rotatable bonds is 2. The van der Waals surface area contributed by atoms with E-state index in [0.717, 1.165) is 5.02 Å². The van der Waals surface area contributed by atoms with Crippen LogP contribution in [0.15, 0.2) is 24.3 Å². The Kier molecular flexibility index (Phi) is 2.31. The van der Waals surface area contributed by atoms with Crippen LogP contribution in [0.3, 0.4) is 0 Å². The minimum Gasteiger partial charge on any atom is -0.328 e. The number of hydrogen-bond acceptors (Lipinski definition) is 1. The molecule has 1 aliphatic carbocycles. The van der Waals surface area contributed by atoms with Crippen LogP contribution in [0.5, 0.6) is 0 Å². The Balaban J connectivity index is 2.12. The highest BCUT2D eigenvalue weighted by Gasteiger charge is 2.40. The summed E-state index contributed by atoms with van der Waals surface area (Å²) in [6.07, 6.45) is 1.22. The van der Waals surface area contributed by atoms with Crippen LogP contribution in [0.25, 0.3) is 0 Å². The van der Waals surface area contributed by atoms with E-state index in [9.17, 15) is 0 Å². The first-order valence-corrected chi connectivity index (χ1v) is 5.07. The van der Waals surface area contributed by atoms with Gasteiger partial charge in [0.2, 0.25) is 0 Å². The summed E-state index contributed by atoms with van der Waals surface area (Å²) in [6.45, 7) is 2.08. The molecule has 1 aromatic carbocycles. The highest BCUT2D eigenvalue weighted by molar-refractivity contribution is 6.30. The van der Waals surface area contributed by atoms with Gasteiger partial charge in [-0.05, 0) is 42.9 Å². The van der Waals surface area contributed by atoms with Crippen molar-refractivity contribution in [1.29, 1.82) is 0 Å². The van der Waals surface area contributed by atoms with E-state index in [1.165, 1.54) is 12.0 Å². The van der Waals surface area contributed by atoms with Gasteiger partial charge >= 0.3 is 0 Å². The molecule has 3 atom stereocenters. The molecule has 1 aromatic rings. The fourth-order valence-electron chi connectivity index (χ4n) is 1.92. The van der Waals surface area contributed by atoms with Crippen molar-refractivity contribution >= 4 is 11.6 Å². The molecule has 1 aliphatic rings. The van der Waals surface area contributed by atoms with E-state index in [1.807, 2.05) is 12.1 Å². The van der Waals surface area contributed by atoms with Crippen molar-refractivity contribution in [2.75, 3.05) is 0 Å². The smallest absolute Gasteiger partial charge is 0.0408 e. The highest BCUT2D eigenvalue weighted by Crippen LogP contribution is 2.49. The van der Waals surface area contributed by atoms with Crippen molar-refractivity contribution in [3.8, 4) is 0 Å². The second-order valence-electron chi connectivity index (χ2n) is 3.92. The van der Waals surface area contributed by atoms with Crippen LogP contribution >= 0.6 is 11.6 Å². The summed E-state index contributed by atoms with van der Waals surface area (Å²) in [5.41, 5.74) is 7.17. The molecule has 2 heteroatoms. The summed E-state index contributed by atoms with van der Waals surface area (Å²) in [5.74, 6) is 1.32. The Morgan fingerprint density at radius 1 is 1.54 bits per heavy atom. The molecule has 1 fully saturated rings. The Bertz CT molecular complexity index is 309. The van der Waals surface area contributed by atoms with Crippen molar-refractivity contribution < 1.29 is 0 Å². The summed E-state index contributed by atoms with van der Waals surface area (Å²) < 4.78 is 0. The zero-order valence-electron chi connectivity index (χ0n) is 7.70. The van der Waals surface area contributed by atoms with Crippen molar-refractivity contribution in [3.05, 3.63) is 34.9 Å². The van der Waals surface area contributed by atoms with Gasteiger partial charge in [0, 0.05) is 11.1 Å². The lowest BCUT2D eigenvalue weighted by Gasteiger charge is -2.03. The summed E-state index contributed by atoms with van der Waals surface area (Å²) in [5, 5.41) is 0.827. The first kappa shape index (κ1) is 9.04. The summed E-state index contributed by atoms with van der Waals surface area (Å²) >= 11 is 5.91. The predicted octanol–water partition coefficient (Wildman–Crippen LogP) is 2.79. The SMILES string of the molecule is C[C@H](N)[C@@H]1C[C@H]1c1cccc(Cl)c1. The van der Waals surface area contributed by atoms with Gasteiger partial charge in [-0.2, -0.15) is 0 Å². The van der Waals surface area contributed by atoms with Crippen molar-refractivity contribution in [1.82, 2.24) is 0 Å². The Morgan fingerprint density at radius 2 is 2.31 bits per heavy atom. The molecule has 0 bridgehead atoms. The van der Waals surface area contributed by atoms with Crippen molar-refractivity contribution in [2.45, 2.75) is 25.3 Å². The quantitative estimate of drug-likeness (QED) is 0.772. The molecule has 0 amide bonds. The molecular weight excluding hydrogens is 182 g/mol. The standard InChI is InChI=1S/C11H14ClN/c1-7(13)10-6-11(10)8-3-2-4-9(12)5-8/h2-5,7,10-11H,6,13H2,1H3/t7-,10-,11-/m0/s1. The van der Waals surface area contributed by atoms with Crippen molar-refractivity contribution in [3.63, 3.8) is 0 Å². The van der Waals surface area contributed by atoms with E-state index < -0.39 is 0 Å². The maximum atomic E-state index is 5.91. The zero-order valence-corrected chi connectivity index (χ0v) is 8.46. The van der Waals surface area contributed by atoms with Crippen LogP contribution in [0.4, 0.5) is 0 Å². The molecule has 70 valence electrons. The van der Waals surface area contributed by atoms with Gasteiger partial charge < -0.3 is 5.73 Å². The Morgan fingerprint density at radius 3 is 2.85 bits per heavy atom. The van der Waals surface area contributed by atoms with Crippen LogP contribution in [0, 0.1) is 5.92 Å². The van der Waals surface area contributed by atoms with Gasteiger partial charge in [-0.1, -0.05) is 23.7 Å². The van der Waals surface area contributed by atoms with Gasteiger partial charge in [0.05, 0.1) is 0 Å². The lowest BCUT2D eigenvalue weighted by atomic mass is 10.1. The lowest BCUT2D eigenvalue weighted by Crippen LogP contribution is -2.17. The van der Waals surface area contributed by atoms with E-state index in [4.69, 9.17) is 17.3 Å². The van der Waals surface area contributed by atoms with Gasteiger partial charge in [-0.3, -0.25) is 0 Å². The van der Waals surface area contributed by atoms with E-state index in [0.29, 0.717) is 17.9 Å². The third-order valence-corrected chi connectivity index (χ3v) is 3.03. The number of hydrogen-bond donors (Lipinski definition) is 1. The monoisotopic (exact) mass is 195 g/mol. The minimum absolute atomic E-state index is 0.309. The van der Waals surface area contributed by atoms with Crippen LogP contribution < -0.4 is 5.73 Å². The second-order valence-corrected chi connectivity index (χ2v) is 4.36. The first-order valence-electron chi connectivity index (χ1n) is 4.69. The van der Waals surface area contributed by atoms with Crippen LogP contribution in [0.2, 0.25) is 5.02 Å². The van der Waals surface area contributed by atoms with Crippen molar-refractivity contribution in [2.24, 2.45) is 11.7 Å². The molecule has 0 saturated heterocycles. The zero-order chi connectivity index (χ0) is 9.42. The molecule has 2 rings (SSSR count). The Hall–Kier alpha value is -0.530. The van der Waals surface area contributed by atoms with Gasteiger partial charge in [-0.15, -0.1) is 0 Å². The Labute approximate surface area is 83.9 Å². The average molecular weight is 196 g/mol. The van der Waals surface area contributed by atoms with Gasteiger partial charge in [0.15, 0.2) is 0 Å². The third-order valence-electron chi connectivity index (χ3n) is 2.79. The second kappa shape index (κ2) is 3.32. The van der Waals surface area contributed by atoms with E-state index in [-0.39, 0.29) is 0 Å². The molecular formula is C11H14ClN. The fourth-order valence-corrected chi connectivity index (χ4v) is 2.11. The van der Waals surface area contributed by atoms with E-state index in [1.54, 1.807) is 0 Å².